The highest BCUT2D eigenvalue weighted by Crippen LogP contribution is 2.21. The van der Waals surface area contributed by atoms with Crippen molar-refractivity contribution >= 4 is 35.1 Å². The molecular formula is C14H20ClN3O3. The molecule has 3 N–H and O–H groups in total. The minimum absolute atomic E-state index is 0. The van der Waals surface area contributed by atoms with Crippen LogP contribution >= 0.6 is 12.4 Å². The van der Waals surface area contributed by atoms with Crippen molar-refractivity contribution < 1.29 is 9.21 Å². The first-order valence-electron chi connectivity index (χ1n) is 6.36. The standard InChI is InChI=1S/C14H19N3O3.ClH/c1-14(2,3)11(15)12(18)16-8-5-6-10-9(7-8)17(4)13(19)20-10;/h5-7,11H,15H2,1-4H3,(H,16,18);1H/t11-;/m1./s1. The number of oxazole rings is 1. The summed E-state index contributed by atoms with van der Waals surface area (Å²) < 4.78 is 6.41. The van der Waals surface area contributed by atoms with Crippen molar-refractivity contribution in [2.75, 3.05) is 5.32 Å². The summed E-state index contributed by atoms with van der Waals surface area (Å²) in [5, 5.41) is 2.76. The van der Waals surface area contributed by atoms with Crippen molar-refractivity contribution in [1.29, 1.82) is 0 Å². The molecule has 1 aromatic heterocycles. The molecule has 2 aromatic rings. The molecule has 21 heavy (non-hydrogen) atoms. The highest BCUT2D eigenvalue weighted by Gasteiger charge is 2.27. The first-order chi connectivity index (χ1) is 9.20. The molecule has 1 heterocycles. The topological polar surface area (TPSA) is 90.3 Å². The highest BCUT2D eigenvalue weighted by molar-refractivity contribution is 5.96. The fourth-order valence-corrected chi connectivity index (χ4v) is 1.82. The summed E-state index contributed by atoms with van der Waals surface area (Å²) in [4.78, 5) is 23.5. The number of nitrogens with zero attached hydrogens (tertiary/aromatic N) is 1. The number of nitrogens with two attached hydrogens (primary N) is 1. The van der Waals surface area contributed by atoms with Gasteiger partial charge in [-0.1, -0.05) is 20.8 Å². The maximum atomic E-state index is 12.1. The van der Waals surface area contributed by atoms with Gasteiger partial charge in [-0.2, -0.15) is 0 Å². The van der Waals surface area contributed by atoms with E-state index < -0.39 is 11.8 Å². The molecule has 1 amide bonds. The molecule has 0 fully saturated rings. The molecule has 0 radical (unpaired) electrons. The van der Waals surface area contributed by atoms with Crippen molar-refractivity contribution in [2.24, 2.45) is 18.2 Å². The predicted molar refractivity (Wildman–Crippen MR) is 84.8 cm³/mol. The van der Waals surface area contributed by atoms with Crippen LogP contribution in [0, 0.1) is 5.41 Å². The van der Waals surface area contributed by atoms with Crippen LogP contribution in [-0.2, 0) is 11.8 Å². The van der Waals surface area contributed by atoms with Crippen molar-refractivity contribution in [3.63, 3.8) is 0 Å². The molecule has 0 saturated heterocycles. The lowest BCUT2D eigenvalue weighted by atomic mass is 9.87. The number of anilines is 1. The van der Waals surface area contributed by atoms with E-state index >= 15 is 0 Å². The van der Waals surface area contributed by atoms with E-state index in [4.69, 9.17) is 10.2 Å². The van der Waals surface area contributed by atoms with Gasteiger partial charge in [-0.25, -0.2) is 4.79 Å². The van der Waals surface area contributed by atoms with Gasteiger partial charge in [0.05, 0.1) is 11.6 Å². The van der Waals surface area contributed by atoms with Crippen LogP contribution in [0.5, 0.6) is 0 Å². The number of fused-ring (bicyclic) bond motifs is 1. The molecular weight excluding hydrogens is 294 g/mol. The zero-order valence-electron chi connectivity index (χ0n) is 12.5. The second kappa shape index (κ2) is 5.91. The summed E-state index contributed by atoms with van der Waals surface area (Å²) in [5.74, 6) is -0.694. The number of hydrogen-bond acceptors (Lipinski definition) is 4. The number of benzene rings is 1. The molecule has 116 valence electrons. The quantitative estimate of drug-likeness (QED) is 0.885. The Labute approximate surface area is 128 Å². The third kappa shape index (κ3) is 3.46. The van der Waals surface area contributed by atoms with Gasteiger partial charge in [-0.3, -0.25) is 9.36 Å². The zero-order chi connectivity index (χ0) is 15.1. The predicted octanol–water partition coefficient (Wildman–Crippen LogP) is 1.87. The second-order valence-electron chi connectivity index (χ2n) is 5.94. The van der Waals surface area contributed by atoms with E-state index in [-0.39, 0.29) is 23.7 Å². The van der Waals surface area contributed by atoms with Crippen LogP contribution in [0.15, 0.2) is 27.4 Å². The van der Waals surface area contributed by atoms with Gasteiger partial charge in [-0.05, 0) is 23.6 Å². The Bertz CT molecular complexity index is 712. The fraction of sp³-hybridized carbons (Fsp3) is 0.429. The lowest BCUT2D eigenvalue weighted by Crippen LogP contribution is -2.45. The highest BCUT2D eigenvalue weighted by atomic mass is 35.5. The Morgan fingerprint density at radius 3 is 2.57 bits per heavy atom. The summed E-state index contributed by atoms with van der Waals surface area (Å²) >= 11 is 0. The number of aromatic nitrogens is 1. The normalized spacial score (nSPS) is 12.8. The molecule has 0 saturated carbocycles. The summed E-state index contributed by atoms with van der Waals surface area (Å²) in [5.41, 5.74) is 7.27. The smallest absolute Gasteiger partial charge is 0.408 e. The van der Waals surface area contributed by atoms with Crippen LogP contribution < -0.4 is 16.8 Å². The molecule has 0 bridgehead atoms. The maximum absolute atomic E-state index is 12.1. The third-order valence-electron chi connectivity index (χ3n) is 3.27. The summed E-state index contributed by atoms with van der Waals surface area (Å²) in [6.45, 7) is 5.71. The maximum Gasteiger partial charge on any atom is 0.419 e. The number of nitrogens with one attached hydrogen (secondary N) is 1. The van der Waals surface area contributed by atoms with E-state index in [2.05, 4.69) is 5.32 Å². The molecule has 1 aromatic carbocycles. The van der Waals surface area contributed by atoms with Gasteiger partial charge >= 0.3 is 5.76 Å². The molecule has 0 aliphatic carbocycles. The van der Waals surface area contributed by atoms with Gasteiger partial charge in [0, 0.05) is 12.7 Å². The SMILES string of the molecule is Cl.Cn1c(=O)oc2ccc(NC(=O)[C@@H](N)C(C)(C)C)cc21. The van der Waals surface area contributed by atoms with Crippen LogP contribution in [0.3, 0.4) is 0 Å². The average Bonchev–Trinajstić information content (AvgIpc) is 2.63. The molecule has 7 heteroatoms. The number of hydrogen-bond donors (Lipinski definition) is 2. The van der Waals surface area contributed by atoms with Gasteiger partial charge in [0.2, 0.25) is 5.91 Å². The van der Waals surface area contributed by atoms with E-state index in [9.17, 15) is 9.59 Å². The molecule has 0 aliphatic heterocycles. The minimum atomic E-state index is -0.619. The van der Waals surface area contributed by atoms with E-state index in [0.717, 1.165) is 0 Å². The number of carbonyl (C=O) groups excluding carboxylic acids is 1. The Hall–Kier alpha value is -1.79. The molecule has 1 atom stereocenters. The number of halogens is 1. The zero-order valence-corrected chi connectivity index (χ0v) is 13.3. The molecule has 2 rings (SSSR count). The third-order valence-corrected chi connectivity index (χ3v) is 3.27. The van der Waals surface area contributed by atoms with Crippen LogP contribution in [0.25, 0.3) is 11.1 Å². The average molecular weight is 314 g/mol. The summed E-state index contributed by atoms with van der Waals surface area (Å²) in [6, 6.07) is 4.40. The minimum Gasteiger partial charge on any atom is -0.408 e. The molecule has 6 nitrogen and oxygen atoms in total. The number of rotatable bonds is 2. The lowest BCUT2D eigenvalue weighted by Gasteiger charge is -2.25. The Kier molecular flexibility index (Phi) is 4.86. The van der Waals surface area contributed by atoms with Gasteiger partial charge in [-0.15, -0.1) is 12.4 Å². The van der Waals surface area contributed by atoms with Crippen LogP contribution in [-0.4, -0.2) is 16.5 Å². The van der Waals surface area contributed by atoms with Crippen molar-refractivity contribution in [1.82, 2.24) is 4.57 Å². The van der Waals surface area contributed by atoms with Crippen LogP contribution in [0.2, 0.25) is 0 Å². The van der Waals surface area contributed by atoms with Crippen molar-refractivity contribution in [3.8, 4) is 0 Å². The summed E-state index contributed by atoms with van der Waals surface area (Å²) in [7, 11) is 1.61. The van der Waals surface area contributed by atoms with E-state index in [1.165, 1.54) is 4.57 Å². The Balaban J connectivity index is 0.00000220. The van der Waals surface area contributed by atoms with E-state index in [1.54, 1.807) is 25.2 Å². The largest absolute Gasteiger partial charge is 0.419 e. The van der Waals surface area contributed by atoms with Crippen LogP contribution in [0.1, 0.15) is 20.8 Å². The second-order valence-corrected chi connectivity index (χ2v) is 5.94. The lowest BCUT2D eigenvalue weighted by molar-refractivity contribution is -0.119. The first kappa shape index (κ1) is 17.3. The first-order valence-corrected chi connectivity index (χ1v) is 6.36. The molecule has 0 aliphatic rings. The van der Waals surface area contributed by atoms with Gasteiger partial charge in [0.15, 0.2) is 5.58 Å². The Morgan fingerprint density at radius 2 is 2.00 bits per heavy atom. The van der Waals surface area contributed by atoms with Crippen LogP contribution in [0.4, 0.5) is 5.69 Å². The van der Waals surface area contributed by atoms with Gasteiger partial charge < -0.3 is 15.5 Å². The van der Waals surface area contributed by atoms with E-state index in [1.807, 2.05) is 20.8 Å². The van der Waals surface area contributed by atoms with Gasteiger partial charge in [0.1, 0.15) is 0 Å². The summed E-state index contributed by atoms with van der Waals surface area (Å²) in [6.07, 6.45) is 0. The monoisotopic (exact) mass is 313 g/mol. The van der Waals surface area contributed by atoms with Crippen molar-refractivity contribution in [2.45, 2.75) is 26.8 Å². The number of amides is 1. The fourth-order valence-electron chi connectivity index (χ4n) is 1.82. The van der Waals surface area contributed by atoms with Gasteiger partial charge in [0.25, 0.3) is 0 Å². The van der Waals surface area contributed by atoms with E-state index in [0.29, 0.717) is 16.8 Å². The Morgan fingerprint density at radius 1 is 1.38 bits per heavy atom. The number of aryl methyl sites for hydroxylation is 1. The van der Waals surface area contributed by atoms with Crippen molar-refractivity contribution in [3.05, 3.63) is 28.7 Å². The molecule has 0 spiro atoms. The molecule has 0 unspecified atom stereocenters. The number of carbonyl (C=O) groups is 1.